The Balaban J connectivity index is 2.21. The number of hydrogen-bond donors (Lipinski definition) is 1. The van der Waals surface area contributed by atoms with Gasteiger partial charge in [-0.2, -0.15) is 8.78 Å². The van der Waals surface area contributed by atoms with E-state index in [4.69, 9.17) is 16.3 Å². The molecule has 132 valence electrons. The number of benzene rings is 2. The summed E-state index contributed by atoms with van der Waals surface area (Å²) in [6, 6.07) is 9.77. The molecule has 1 N–H and O–H groups in total. The quantitative estimate of drug-likeness (QED) is 0.738. The molecule has 0 aliphatic carbocycles. The Hall–Kier alpha value is -2.60. The standard InChI is InChI=1S/C18H16ClF2NO3/c1-11-13(19)6-4-7-14(11)22-16(23)10-9-12-5-3-8-15(24-2)17(12)25-18(20)21/h3-10,18H,1-2H3,(H,22,23)/b10-9+. The van der Waals surface area contributed by atoms with Crippen LogP contribution in [0.5, 0.6) is 11.5 Å². The molecule has 7 heteroatoms. The van der Waals surface area contributed by atoms with Gasteiger partial charge in [0.05, 0.1) is 7.11 Å². The molecule has 2 aromatic rings. The molecule has 0 aliphatic rings. The van der Waals surface area contributed by atoms with Gasteiger partial charge in [-0.15, -0.1) is 0 Å². The Morgan fingerprint density at radius 3 is 2.64 bits per heavy atom. The Morgan fingerprint density at radius 1 is 1.24 bits per heavy atom. The van der Waals surface area contributed by atoms with Gasteiger partial charge in [0.1, 0.15) is 0 Å². The number of amides is 1. The third kappa shape index (κ3) is 4.93. The van der Waals surface area contributed by atoms with Gasteiger partial charge >= 0.3 is 6.61 Å². The van der Waals surface area contributed by atoms with E-state index in [1.807, 2.05) is 0 Å². The molecular formula is C18H16ClF2NO3. The van der Waals surface area contributed by atoms with Crippen molar-refractivity contribution in [2.45, 2.75) is 13.5 Å². The highest BCUT2D eigenvalue weighted by atomic mass is 35.5. The van der Waals surface area contributed by atoms with E-state index in [0.29, 0.717) is 10.7 Å². The number of rotatable bonds is 6. The van der Waals surface area contributed by atoms with Crippen LogP contribution in [0.3, 0.4) is 0 Å². The molecule has 2 rings (SSSR count). The molecule has 4 nitrogen and oxygen atoms in total. The zero-order chi connectivity index (χ0) is 18.4. The molecule has 0 heterocycles. The van der Waals surface area contributed by atoms with E-state index in [2.05, 4.69) is 10.1 Å². The first-order valence-corrected chi connectivity index (χ1v) is 7.66. The maximum atomic E-state index is 12.6. The molecule has 1 amide bonds. The predicted octanol–water partition coefficient (Wildman–Crippen LogP) is 4.91. The lowest BCUT2D eigenvalue weighted by molar-refractivity contribution is -0.111. The molecule has 0 saturated heterocycles. The van der Waals surface area contributed by atoms with Crippen LogP contribution in [-0.4, -0.2) is 19.6 Å². The van der Waals surface area contributed by atoms with E-state index >= 15 is 0 Å². The largest absolute Gasteiger partial charge is 0.493 e. The fourth-order valence-corrected chi connectivity index (χ4v) is 2.30. The lowest BCUT2D eigenvalue weighted by atomic mass is 10.1. The van der Waals surface area contributed by atoms with E-state index in [9.17, 15) is 13.6 Å². The highest BCUT2D eigenvalue weighted by molar-refractivity contribution is 6.31. The molecule has 0 bridgehead atoms. The number of para-hydroxylation sites is 1. The van der Waals surface area contributed by atoms with Crippen molar-refractivity contribution in [2.75, 3.05) is 12.4 Å². The molecule has 0 saturated carbocycles. The number of carbonyl (C=O) groups excluding carboxylic acids is 1. The number of hydrogen-bond acceptors (Lipinski definition) is 3. The molecule has 0 unspecified atom stereocenters. The number of carbonyl (C=O) groups is 1. The van der Waals surface area contributed by atoms with Crippen molar-refractivity contribution >= 4 is 29.3 Å². The van der Waals surface area contributed by atoms with Gasteiger partial charge in [0, 0.05) is 22.3 Å². The Bertz CT molecular complexity index is 794. The van der Waals surface area contributed by atoms with Crippen molar-refractivity contribution in [2.24, 2.45) is 0 Å². The summed E-state index contributed by atoms with van der Waals surface area (Å²) in [4.78, 5) is 12.1. The summed E-state index contributed by atoms with van der Waals surface area (Å²) in [5, 5.41) is 3.21. The molecule has 25 heavy (non-hydrogen) atoms. The molecule has 0 aliphatic heterocycles. The second-order valence-corrected chi connectivity index (χ2v) is 5.40. The Morgan fingerprint density at radius 2 is 1.96 bits per heavy atom. The van der Waals surface area contributed by atoms with E-state index in [-0.39, 0.29) is 17.1 Å². The Labute approximate surface area is 149 Å². The van der Waals surface area contributed by atoms with Crippen molar-refractivity contribution < 1.29 is 23.0 Å². The van der Waals surface area contributed by atoms with Gasteiger partial charge < -0.3 is 14.8 Å². The zero-order valence-electron chi connectivity index (χ0n) is 13.6. The summed E-state index contributed by atoms with van der Waals surface area (Å²) in [5.41, 5.74) is 1.59. The minimum Gasteiger partial charge on any atom is -0.493 e. The van der Waals surface area contributed by atoms with Crippen molar-refractivity contribution in [1.82, 2.24) is 0 Å². The summed E-state index contributed by atoms with van der Waals surface area (Å²) >= 11 is 6.00. The number of nitrogens with one attached hydrogen (secondary N) is 1. The highest BCUT2D eigenvalue weighted by Gasteiger charge is 2.14. The van der Waals surface area contributed by atoms with Crippen molar-refractivity contribution in [3.63, 3.8) is 0 Å². The molecule has 0 aromatic heterocycles. The molecule has 0 atom stereocenters. The lowest BCUT2D eigenvalue weighted by Crippen LogP contribution is -2.09. The normalized spacial score (nSPS) is 11.0. The smallest absolute Gasteiger partial charge is 0.387 e. The van der Waals surface area contributed by atoms with Gasteiger partial charge in [-0.05, 0) is 36.8 Å². The average Bonchev–Trinajstić information content (AvgIpc) is 2.57. The maximum Gasteiger partial charge on any atom is 0.387 e. The SMILES string of the molecule is COc1cccc(/C=C/C(=O)Nc2cccc(Cl)c2C)c1OC(F)F. The lowest BCUT2D eigenvalue weighted by Gasteiger charge is -2.12. The molecular weight excluding hydrogens is 352 g/mol. The van der Waals surface area contributed by atoms with Crippen LogP contribution in [0.25, 0.3) is 6.08 Å². The van der Waals surface area contributed by atoms with Gasteiger partial charge in [0.2, 0.25) is 5.91 Å². The van der Waals surface area contributed by atoms with Crippen LogP contribution in [0.4, 0.5) is 14.5 Å². The van der Waals surface area contributed by atoms with Crippen LogP contribution in [0.1, 0.15) is 11.1 Å². The second kappa shape index (κ2) is 8.48. The van der Waals surface area contributed by atoms with Crippen molar-refractivity contribution in [1.29, 1.82) is 0 Å². The van der Waals surface area contributed by atoms with Gasteiger partial charge in [-0.25, -0.2) is 0 Å². The monoisotopic (exact) mass is 367 g/mol. The summed E-state index contributed by atoms with van der Waals surface area (Å²) < 4.78 is 34.7. The number of halogens is 3. The summed E-state index contributed by atoms with van der Waals surface area (Å²) in [5.74, 6) is -0.423. The summed E-state index contributed by atoms with van der Waals surface area (Å²) in [7, 11) is 1.34. The Kier molecular flexibility index (Phi) is 6.36. The molecule has 0 radical (unpaired) electrons. The van der Waals surface area contributed by atoms with Crippen LogP contribution in [0.2, 0.25) is 5.02 Å². The first-order valence-electron chi connectivity index (χ1n) is 7.28. The van der Waals surface area contributed by atoms with E-state index in [0.717, 1.165) is 5.56 Å². The highest BCUT2D eigenvalue weighted by Crippen LogP contribution is 2.33. The molecule has 0 fully saturated rings. The maximum absolute atomic E-state index is 12.6. The van der Waals surface area contributed by atoms with Gasteiger partial charge in [0.15, 0.2) is 11.5 Å². The minimum absolute atomic E-state index is 0.136. The fraction of sp³-hybridized carbons (Fsp3) is 0.167. The van der Waals surface area contributed by atoms with Crippen LogP contribution in [-0.2, 0) is 4.79 Å². The topological polar surface area (TPSA) is 47.6 Å². The summed E-state index contributed by atoms with van der Waals surface area (Å²) in [6.45, 7) is -1.23. The van der Waals surface area contributed by atoms with Gasteiger partial charge in [0.25, 0.3) is 0 Å². The number of anilines is 1. The van der Waals surface area contributed by atoms with E-state index in [1.165, 1.54) is 31.4 Å². The minimum atomic E-state index is -3.01. The van der Waals surface area contributed by atoms with Crippen LogP contribution in [0.15, 0.2) is 42.5 Å². The number of methoxy groups -OCH3 is 1. The zero-order valence-corrected chi connectivity index (χ0v) is 14.3. The fourth-order valence-electron chi connectivity index (χ4n) is 2.12. The second-order valence-electron chi connectivity index (χ2n) is 4.99. The van der Waals surface area contributed by atoms with Crippen LogP contribution >= 0.6 is 11.6 Å². The number of alkyl halides is 2. The first-order chi connectivity index (χ1) is 11.9. The third-order valence-electron chi connectivity index (χ3n) is 3.38. The predicted molar refractivity (Wildman–Crippen MR) is 93.5 cm³/mol. The average molecular weight is 368 g/mol. The molecule has 2 aromatic carbocycles. The van der Waals surface area contributed by atoms with Crippen molar-refractivity contribution in [3.8, 4) is 11.5 Å². The molecule has 0 spiro atoms. The van der Waals surface area contributed by atoms with E-state index < -0.39 is 12.5 Å². The summed E-state index contributed by atoms with van der Waals surface area (Å²) in [6.07, 6.45) is 2.59. The van der Waals surface area contributed by atoms with Gasteiger partial charge in [-0.1, -0.05) is 29.8 Å². The third-order valence-corrected chi connectivity index (χ3v) is 3.79. The van der Waals surface area contributed by atoms with Crippen LogP contribution in [0, 0.1) is 6.92 Å². The first kappa shape index (κ1) is 18.7. The van der Waals surface area contributed by atoms with Gasteiger partial charge in [-0.3, -0.25) is 4.79 Å². The van der Waals surface area contributed by atoms with E-state index in [1.54, 1.807) is 31.2 Å². The van der Waals surface area contributed by atoms with Crippen molar-refractivity contribution in [3.05, 3.63) is 58.6 Å². The number of ether oxygens (including phenoxy) is 2. The van der Waals surface area contributed by atoms with Crippen LogP contribution < -0.4 is 14.8 Å².